The normalized spacial score (nSPS) is 21.4. The molecule has 8 aromatic rings. The lowest BCUT2D eigenvalue weighted by molar-refractivity contribution is -0.142. The zero-order valence-electron chi connectivity index (χ0n) is 66.7. The van der Waals surface area contributed by atoms with Crippen LogP contribution < -0.4 is 10.6 Å². The lowest BCUT2D eigenvalue weighted by Crippen LogP contribution is -2.53. The number of fused-ring (bicyclic) bond motifs is 5. The first-order valence-corrected chi connectivity index (χ1v) is 44.5. The van der Waals surface area contributed by atoms with Crippen molar-refractivity contribution in [2.24, 2.45) is 39.9 Å². The number of ether oxygens (including phenoxy) is 2. The van der Waals surface area contributed by atoms with Crippen molar-refractivity contribution in [2.75, 3.05) is 26.8 Å². The van der Waals surface area contributed by atoms with Crippen LogP contribution in [0.5, 0.6) is 0 Å². The summed E-state index contributed by atoms with van der Waals surface area (Å²) < 4.78 is 14.0. The average molecular weight is 1690 g/mol. The van der Waals surface area contributed by atoms with Gasteiger partial charge in [-0.05, 0) is 172 Å². The van der Waals surface area contributed by atoms with Crippen LogP contribution in [0.15, 0.2) is 167 Å². The minimum absolute atomic E-state index is 0. The molecule has 4 amide bonds. The Hall–Kier alpha value is -8.96. The molecule has 2 aromatic heterocycles. The first-order chi connectivity index (χ1) is 56.7. The number of aliphatic hydroxyl groups is 1. The van der Waals surface area contributed by atoms with Crippen LogP contribution in [0.1, 0.15) is 209 Å². The number of thiophene rings is 2. The molecule has 4 aliphatic heterocycles. The largest absolute Gasteiger partial charge is 0.449 e. The zero-order chi connectivity index (χ0) is 81.5. The third kappa shape index (κ3) is 20.6. The Morgan fingerprint density at radius 1 is 0.563 bits per heavy atom. The van der Waals surface area contributed by atoms with Gasteiger partial charge in [-0.15, -0.1) is 22.7 Å². The number of likely N-dealkylation sites (tertiary alicyclic amines) is 2. The Morgan fingerprint density at radius 3 is 1.52 bits per heavy atom. The number of nitrogens with one attached hydrogen (secondary N) is 2. The van der Waals surface area contributed by atoms with Gasteiger partial charge in [0.25, 0.3) is 0 Å². The molecule has 630 valence electrons. The molecule has 16 rings (SSSR count). The van der Waals surface area contributed by atoms with Gasteiger partial charge in [0, 0.05) is 114 Å². The van der Waals surface area contributed by atoms with Gasteiger partial charge >= 0.3 is 6.09 Å². The predicted octanol–water partition coefficient (Wildman–Crippen LogP) is 19.0. The van der Waals surface area contributed by atoms with Crippen LogP contribution in [0, 0.1) is 29.6 Å². The fourth-order valence-electron chi connectivity index (χ4n) is 18.9. The molecule has 3 saturated carbocycles. The zero-order valence-corrected chi connectivity index (χ0v) is 69.9. The topological polar surface area (TPSA) is 249 Å². The minimum atomic E-state index is -1.23. The number of halogens is 2. The summed E-state index contributed by atoms with van der Waals surface area (Å²) in [6.07, 6.45) is 12.1. The summed E-state index contributed by atoms with van der Waals surface area (Å²) in [5.41, 5.74) is 7.25. The molecule has 0 bridgehead atoms. The highest BCUT2D eigenvalue weighted by atomic mass is 35.5. The van der Waals surface area contributed by atoms with Crippen LogP contribution in [-0.2, 0) is 65.6 Å². The molecule has 10 atom stereocenters. The van der Waals surface area contributed by atoms with E-state index >= 15 is 9.59 Å². The number of ketones is 4. The van der Waals surface area contributed by atoms with E-state index in [-0.39, 0.29) is 120 Å². The molecule has 6 heterocycles. The van der Waals surface area contributed by atoms with Gasteiger partial charge in [-0.3, -0.25) is 33.6 Å². The van der Waals surface area contributed by atoms with Gasteiger partial charge in [-0.2, -0.15) is 0 Å². The number of carbonyl (C=O) groups excluding carboxylic acids is 8. The Balaban J connectivity index is 0.000000205. The lowest BCUT2D eigenvalue weighted by atomic mass is 9.84. The number of methoxy groups -OCH3 is 1. The number of Topliss-reactive ketones (excluding diaryl/α,β-unsaturated/α-hetero) is 4. The second kappa shape index (κ2) is 39.3. The van der Waals surface area contributed by atoms with Crippen LogP contribution in [0.3, 0.4) is 0 Å². The van der Waals surface area contributed by atoms with E-state index in [2.05, 4.69) is 45.2 Å². The van der Waals surface area contributed by atoms with Crippen LogP contribution >= 0.6 is 45.9 Å². The summed E-state index contributed by atoms with van der Waals surface area (Å²) in [7, 11) is 1.54. The van der Waals surface area contributed by atoms with E-state index in [1.165, 1.54) is 13.5 Å². The van der Waals surface area contributed by atoms with Crippen molar-refractivity contribution in [3.05, 3.63) is 200 Å². The average Bonchev–Trinajstić information content (AvgIpc) is 1.62. The highest BCUT2D eigenvalue weighted by Crippen LogP contribution is 2.47. The number of benzene rings is 6. The van der Waals surface area contributed by atoms with Crippen molar-refractivity contribution in [1.29, 1.82) is 0 Å². The lowest BCUT2D eigenvalue weighted by Gasteiger charge is -2.30. The first kappa shape index (κ1) is 87.8. The number of oxime groups is 2. The van der Waals surface area contributed by atoms with Crippen molar-refractivity contribution in [3.8, 4) is 11.1 Å². The van der Waals surface area contributed by atoms with Gasteiger partial charge in [-0.25, -0.2) is 4.79 Å². The summed E-state index contributed by atoms with van der Waals surface area (Å²) in [5, 5.41) is 33.5. The third-order valence-electron chi connectivity index (χ3n) is 25.2. The molecule has 2 unspecified atom stereocenters. The quantitative estimate of drug-likeness (QED) is 0.0347. The maximum atomic E-state index is 15.3. The summed E-state index contributed by atoms with van der Waals surface area (Å²) >= 11 is 15.9. The van der Waals surface area contributed by atoms with E-state index in [1.54, 1.807) is 44.6 Å². The molecule has 5 fully saturated rings. The molecule has 119 heavy (non-hydrogen) atoms. The van der Waals surface area contributed by atoms with Gasteiger partial charge < -0.3 is 44.7 Å². The number of hydrogen-bond acceptors (Lipinski definition) is 17. The van der Waals surface area contributed by atoms with Crippen molar-refractivity contribution < 1.29 is 62.6 Å². The van der Waals surface area contributed by atoms with Gasteiger partial charge in [-0.1, -0.05) is 204 Å². The summed E-state index contributed by atoms with van der Waals surface area (Å²) in [4.78, 5) is 130. The number of aliphatic hydroxyl groups excluding tert-OH is 1. The standard InChI is InChI=1S/C51H52ClN3O7S.C43H52ClN3O6S.2CH4/c1-3-11-33(48(60-2)46(57)22-31-20-21-31)25-45(56)44-27-51(26-43(54-62-51)32-12-10-13-35(52)23-32)30-55(44)49(58)42(24-34-29-63-47-19-9-8-14-36(34)47)53-50(59)61-28-41-39-17-6-4-15-37(39)38-16-5-7-18-40(38)41;1-2-9-30(41(51)38(49)18-28-16-17-28)22-37(48)36-24-43(23-35(46-53-43)29-12-8-13-32(44)20-29)26-47(36)42(52)34(45-40(50)19-27-10-4-3-5-11-27)21-31-25-54-39-15-7-6-14-33(31)39;;/h4-10,12-19,23,29,31,33,41-42,44,48H,3,11,20-22,24-28,30H2,1-2H3,(H,53,59);6-8,12-15,20,25,27-28,30,34,36,41,51H,2-5,9-11,16-19,21-24,26H2,1H3,(H,45,50);2*1H4/t33-,42-,44-,48?,51+;30-,34-,36-,41?,43+;;/m00../s1. The van der Waals surface area contributed by atoms with E-state index < -0.39 is 65.5 Å². The third-order valence-corrected chi connectivity index (χ3v) is 27.7. The van der Waals surface area contributed by atoms with Crippen LogP contribution in [0.25, 0.3) is 31.3 Å². The molecule has 4 aliphatic carbocycles. The monoisotopic (exact) mass is 1690 g/mol. The maximum Gasteiger partial charge on any atom is 0.407 e. The van der Waals surface area contributed by atoms with Gasteiger partial charge in [0.1, 0.15) is 30.9 Å². The predicted molar refractivity (Wildman–Crippen MR) is 470 cm³/mol. The number of rotatable bonds is 33. The van der Waals surface area contributed by atoms with Crippen LogP contribution in [0.4, 0.5) is 4.79 Å². The van der Waals surface area contributed by atoms with E-state index in [0.717, 1.165) is 122 Å². The Kier molecular flexibility index (Phi) is 29.0. The number of amides is 4. The van der Waals surface area contributed by atoms with E-state index in [0.29, 0.717) is 90.6 Å². The number of nitrogens with zero attached hydrogens (tertiary/aromatic N) is 4. The summed E-state index contributed by atoms with van der Waals surface area (Å²) in [5.74, 6) is -1.57. The number of carbonyl (C=O) groups is 8. The molecular formula is C96H112Cl2N6O13S2. The SMILES string of the molecule is C.C.CCC[C@@H](CC(=O)[C@@H]1C[C@]2(CC(c3cccc(Cl)c3)=NO2)CN1C(=O)[C@H](Cc1csc2ccccc12)NC(=O)CC1CCCCC1)C(O)C(=O)CC1CC1.CCC[C@@H](CC(=O)[C@@H]1C[C@]2(CC(c3cccc(Cl)c3)=NO2)CN1C(=O)[C@H](Cc1csc2ccccc12)NC(=O)OCC1c2ccccc2-c2ccccc21)C(OC)C(=O)CC1CC1. The van der Waals surface area contributed by atoms with Gasteiger partial charge in [0.2, 0.25) is 17.7 Å². The minimum Gasteiger partial charge on any atom is -0.449 e. The van der Waals surface area contributed by atoms with Crippen LogP contribution in [-0.4, -0.2) is 148 Å². The van der Waals surface area contributed by atoms with Crippen molar-refractivity contribution in [1.82, 2.24) is 20.4 Å². The highest BCUT2D eigenvalue weighted by Gasteiger charge is 2.57. The Bertz CT molecular complexity index is 5020. The van der Waals surface area contributed by atoms with Crippen molar-refractivity contribution in [2.45, 2.75) is 236 Å². The number of alkyl carbamates (subject to hydrolysis) is 1. The van der Waals surface area contributed by atoms with E-state index in [4.69, 9.17) is 42.4 Å². The molecule has 23 heteroatoms. The molecule has 2 spiro atoms. The summed E-state index contributed by atoms with van der Waals surface area (Å²) in [6, 6.07) is 43.2. The molecule has 0 radical (unpaired) electrons. The van der Waals surface area contributed by atoms with Gasteiger partial charge in [0.15, 0.2) is 34.3 Å². The smallest absolute Gasteiger partial charge is 0.407 e. The maximum absolute atomic E-state index is 15.3. The van der Waals surface area contributed by atoms with E-state index in [9.17, 15) is 33.9 Å². The van der Waals surface area contributed by atoms with E-state index in [1.807, 2.05) is 134 Å². The molecule has 3 N–H and O–H groups in total. The fraction of sp³-hybridized carbons (Fsp3) is 0.479. The second-order valence-electron chi connectivity index (χ2n) is 33.9. The van der Waals surface area contributed by atoms with Crippen molar-refractivity contribution in [3.63, 3.8) is 0 Å². The molecule has 2 saturated heterocycles. The second-order valence-corrected chi connectivity index (χ2v) is 36.6. The molecule has 8 aliphatic rings. The molecular weight excluding hydrogens is 1580 g/mol. The Morgan fingerprint density at radius 2 is 1.03 bits per heavy atom. The van der Waals surface area contributed by atoms with Crippen molar-refractivity contribution >= 4 is 124 Å². The number of hydrogen-bond donors (Lipinski definition) is 3. The highest BCUT2D eigenvalue weighted by molar-refractivity contribution is 7.17. The summed E-state index contributed by atoms with van der Waals surface area (Å²) in [6.45, 7) is 4.26. The van der Waals surface area contributed by atoms with Crippen LogP contribution in [0.2, 0.25) is 10.0 Å². The Labute approximate surface area is 716 Å². The fourth-order valence-corrected chi connectivity index (χ4v) is 21.2. The first-order valence-electron chi connectivity index (χ1n) is 42.0. The van der Waals surface area contributed by atoms with Gasteiger partial charge in [0.05, 0.1) is 36.6 Å². The molecule has 19 nitrogen and oxygen atoms in total. The molecule has 6 aromatic carbocycles.